The van der Waals surface area contributed by atoms with Gasteiger partial charge in [-0.3, -0.25) is 9.69 Å². The fourth-order valence-corrected chi connectivity index (χ4v) is 2.59. The van der Waals surface area contributed by atoms with Gasteiger partial charge in [-0.15, -0.1) is 11.6 Å². The highest BCUT2D eigenvalue weighted by Gasteiger charge is 2.27. The maximum Gasteiger partial charge on any atom is 0.224 e. The van der Waals surface area contributed by atoms with E-state index in [4.69, 9.17) is 11.6 Å². The fourth-order valence-electron chi connectivity index (χ4n) is 2.45. The summed E-state index contributed by atoms with van der Waals surface area (Å²) in [5, 5.41) is 2.96. The van der Waals surface area contributed by atoms with Crippen LogP contribution in [0.15, 0.2) is 30.3 Å². The summed E-state index contributed by atoms with van der Waals surface area (Å²) in [4.78, 5) is 14.3. The first kappa shape index (κ1) is 14.4. The molecule has 1 amide bonds. The molecule has 104 valence electrons. The van der Waals surface area contributed by atoms with Crippen LogP contribution in [-0.4, -0.2) is 36.3 Å². The minimum atomic E-state index is 0.138. The van der Waals surface area contributed by atoms with E-state index in [1.54, 1.807) is 0 Å². The molecule has 0 bridgehead atoms. The number of alkyl halides is 1. The molecule has 1 aliphatic heterocycles. The lowest BCUT2D eigenvalue weighted by atomic mass is 10.1. The van der Waals surface area contributed by atoms with Crippen LogP contribution in [0.3, 0.4) is 0 Å². The zero-order valence-corrected chi connectivity index (χ0v) is 11.9. The molecule has 0 spiro atoms. The summed E-state index contributed by atoms with van der Waals surface area (Å²) in [7, 11) is 0. The number of nitrogens with one attached hydrogen (secondary N) is 1. The van der Waals surface area contributed by atoms with Crippen molar-refractivity contribution in [3.63, 3.8) is 0 Å². The second-order valence-electron chi connectivity index (χ2n) is 5.04. The van der Waals surface area contributed by atoms with E-state index in [-0.39, 0.29) is 11.8 Å². The number of likely N-dealkylation sites (tertiary alicyclic amines) is 1. The summed E-state index contributed by atoms with van der Waals surface area (Å²) in [5.74, 6) is 0.921. The van der Waals surface area contributed by atoms with E-state index < -0.39 is 0 Å². The van der Waals surface area contributed by atoms with Gasteiger partial charge in [-0.1, -0.05) is 30.3 Å². The van der Waals surface area contributed by atoms with E-state index in [9.17, 15) is 4.79 Å². The number of carbonyl (C=O) groups excluding carboxylic acids is 1. The molecule has 0 radical (unpaired) electrons. The SMILES string of the molecule is O=C(NCCCCl)C1CCN(Cc2ccccc2)C1. The van der Waals surface area contributed by atoms with Gasteiger partial charge in [0, 0.05) is 25.5 Å². The Morgan fingerprint density at radius 1 is 1.37 bits per heavy atom. The predicted molar refractivity (Wildman–Crippen MR) is 78.2 cm³/mol. The van der Waals surface area contributed by atoms with Gasteiger partial charge in [-0.2, -0.15) is 0 Å². The van der Waals surface area contributed by atoms with Crippen molar-refractivity contribution in [1.29, 1.82) is 0 Å². The molecule has 3 nitrogen and oxygen atoms in total. The molecule has 0 aliphatic carbocycles. The summed E-state index contributed by atoms with van der Waals surface area (Å²) in [5.41, 5.74) is 1.31. The lowest BCUT2D eigenvalue weighted by molar-refractivity contribution is -0.124. The largest absolute Gasteiger partial charge is 0.356 e. The number of rotatable bonds is 6. The second-order valence-corrected chi connectivity index (χ2v) is 5.42. The average Bonchev–Trinajstić information content (AvgIpc) is 2.89. The van der Waals surface area contributed by atoms with Crippen LogP contribution in [0.25, 0.3) is 0 Å². The van der Waals surface area contributed by atoms with E-state index in [0.717, 1.165) is 32.5 Å². The van der Waals surface area contributed by atoms with Gasteiger partial charge in [0.2, 0.25) is 5.91 Å². The van der Waals surface area contributed by atoms with Crippen LogP contribution >= 0.6 is 11.6 Å². The van der Waals surface area contributed by atoms with E-state index in [0.29, 0.717) is 12.4 Å². The van der Waals surface area contributed by atoms with Gasteiger partial charge in [0.1, 0.15) is 0 Å². The molecule has 4 heteroatoms. The Bertz CT molecular complexity index is 396. The van der Waals surface area contributed by atoms with Gasteiger partial charge in [-0.05, 0) is 24.9 Å². The molecule has 1 heterocycles. The lowest BCUT2D eigenvalue weighted by Crippen LogP contribution is -2.33. The molecule has 2 rings (SSSR count). The number of amides is 1. The molecule has 1 aromatic carbocycles. The normalized spacial score (nSPS) is 19.5. The minimum absolute atomic E-state index is 0.138. The molecule has 1 saturated heterocycles. The molecule has 1 unspecified atom stereocenters. The topological polar surface area (TPSA) is 32.3 Å². The van der Waals surface area contributed by atoms with E-state index in [2.05, 4.69) is 34.5 Å². The van der Waals surface area contributed by atoms with Crippen molar-refractivity contribution in [3.8, 4) is 0 Å². The minimum Gasteiger partial charge on any atom is -0.356 e. The Kier molecular flexibility index (Phi) is 5.67. The first-order valence-corrected chi connectivity index (χ1v) is 7.43. The van der Waals surface area contributed by atoms with Gasteiger partial charge < -0.3 is 5.32 Å². The van der Waals surface area contributed by atoms with Gasteiger partial charge in [-0.25, -0.2) is 0 Å². The Morgan fingerprint density at radius 2 is 2.16 bits per heavy atom. The first-order valence-electron chi connectivity index (χ1n) is 6.89. The van der Waals surface area contributed by atoms with Crippen molar-refractivity contribution in [2.45, 2.75) is 19.4 Å². The number of carbonyl (C=O) groups is 1. The van der Waals surface area contributed by atoms with Crippen molar-refractivity contribution in [1.82, 2.24) is 10.2 Å². The Hall–Kier alpha value is -1.06. The monoisotopic (exact) mass is 280 g/mol. The van der Waals surface area contributed by atoms with Crippen LogP contribution in [-0.2, 0) is 11.3 Å². The van der Waals surface area contributed by atoms with Crippen molar-refractivity contribution < 1.29 is 4.79 Å². The smallest absolute Gasteiger partial charge is 0.224 e. The van der Waals surface area contributed by atoms with Gasteiger partial charge in [0.05, 0.1) is 5.92 Å². The lowest BCUT2D eigenvalue weighted by Gasteiger charge is -2.16. The van der Waals surface area contributed by atoms with Gasteiger partial charge >= 0.3 is 0 Å². The highest BCUT2D eigenvalue weighted by atomic mass is 35.5. The third kappa shape index (κ3) is 4.51. The van der Waals surface area contributed by atoms with E-state index >= 15 is 0 Å². The molecule has 0 saturated carbocycles. The summed E-state index contributed by atoms with van der Waals surface area (Å²) in [6, 6.07) is 10.4. The quantitative estimate of drug-likeness (QED) is 0.640. The van der Waals surface area contributed by atoms with E-state index in [1.165, 1.54) is 5.56 Å². The third-order valence-electron chi connectivity index (χ3n) is 3.50. The molecule has 19 heavy (non-hydrogen) atoms. The molecular formula is C15H21ClN2O. The number of benzene rings is 1. The van der Waals surface area contributed by atoms with Crippen LogP contribution in [0.1, 0.15) is 18.4 Å². The number of nitrogens with zero attached hydrogens (tertiary/aromatic N) is 1. The summed E-state index contributed by atoms with van der Waals surface area (Å²) in [6.07, 6.45) is 1.80. The molecule has 1 fully saturated rings. The number of halogens is 1. The van der Waals surface area contributed by atoms with Gasteiger partial charge in [0.25, 0.3) is 0 Å². The third-order valence-corrected chi connectivity index (χ3v) is 3.77. The Balaban J connectivity index is 1.75. The van der Waals surface area contributed by atoms with Gasteiger partial charge in [0.15, 0.2) is 0 Å². The fraction of sp³-hybridized carbons (Fsp3) is 0.533. The first-order chi connectivity index (χ1) is 9.29. The zero-order valence-electron chi connectivity index (χ0n) is 11.1. The second kappa shape index (κ2) is 7.51. The number of hydrogen-bond acceptors (Lipinski definition) is 2. The van der Waals surface area contributed by atoms with Crippen LogP contribution in [0, 0.1) is 5.92 Å². The van der Waals surface area contributed by atoms with Crippen molar-refractivity contribution in [2.75, 3.05) is 25.5 Å². The maximum atomic E-state index is 11.9. The van der Waals surface area contributed by atoms with Crippen LogP contribution in [0.4, 0.5) is 0 Å². The Morgan fingerprint density at radius 3 is 2.89 bits per heavy atom. The molecular weight excluding hydrogens is 260 g/mol. The predicted octanol–water partition coefficient (Wildman–Crippen LogP) is 2.25. The van der Waals surface area contributed by atoms with Crippen LogP contribution < -0.4 is 5.32 Å². The van der Waals surface area contributed by atoms with E-state index in [1.807, 2.05) is 6.07 Å². The van der Waals surface area contributed by atoms with Crippen LogP contribution in [0.2, 0.25) is 0 Å². The summed E-state index contributed by atoms with van der Waals surface area (Å²) in [6.45, 7) is 3.49. The van der Waals surface area contributed by atoms with Crippen molar-refractivity contribution in [3.05, 3.63) is 35.9 Å². The molecule has 0 aromatic heterocycles. The molecule has 1 aromatic rings. The summed E-state index contributed by atoms with van der Waals surface area (Å²) >= 11 is 5.60. The highest BCUT2D eigenvalue weighted by molar-refractivity contribution is 6.17. The maximum absolute atomic E-state index is 11.9. The molecule has 1 aliphatic rings. The Labute approximate surface area is 119 Å². The number of hydrogen-bond donors (Lipinski definition) is 1. The summed E-state index contributed by atoms with van der Waals surface area (Å²) < 4.78 is 0. The highest BCUT2D eigenvalue weighted by Crippen LogP contribution is 2.18. The van der Waals surface area contributed by atoms with Crippen molar-refractivity contribution in [2.24, 2.45) is 5.92 Å². The standard InChI is InChI=1S/C15H21ClN2O/c16-8-4-9-17-15(19)14-7-10-18(12-14)11-13-5-2-1-3-6-13/h1-3,5-6,14H,4,7-12H2,(H,17,19). The molecule has 1 N–H and O–H groups in total. The van der Waals surface area contributed by atoms with Crippen LogP contribution in [0.5, 0.6) is 0 Å². The zero-order chi connectivity index (χ0) is 13.5. The van der Waals surface area contributed by atoms with Crippen molar-refractivity contribution >= 4 is 17.5 Å². The molecule has 1 atom stereocenters. The average molecular weight is 281 g/mol.